The van der Waals surface area contributed by atoms with Crippen LogP contribution in [0.4, 0.5) is 0 Å². The van der Waals surface area contributed by atoms with Gasteiger partial charge in [-0.25, -0.2) is 0 Å². The minimum Gasteiger partial charge on any atom is -1.00 e. The number of allylic oxidation sites excluding steroid dienone is 4. The predicted octanol–water partition coefficient (Wildman–Crippen LogP) is -0.614. The third kappa shape index (κ3) is 3.95. The second-order valence-electron chi connectivity index (χ2n) is 5.15. The summed E-state index contributed by atoms with van der Waals surface area (Å²) < 4.78 is 0. The largest absolute Gasteiger partial charge is 3.00 e. The maximum Gasteiger partial charge on any atom is 3.00 e. The first-order chi connectivity index (χ1) is 8.81. The zero-order valence-corrected chi connectivity index (χ0v) is 16.4. The summed E-state index contributed by atoms with van der Waals surface area (Å²) >= 11 is 0. The van der Waals surface area contributed by atoms with E-state index in [-0.39, 0.29) is 51.0 Å². The van der Waals surface area contributed by atoms with Gasteiger partial charge in [0.15, 0.2) is 0 Å². The molecule has 0 fully saturated rings. The van der Waals surface area contributed by atoms with Crippen LogP contribution < -0.4 is 24.8 Å². The molecule has 0 nitrogen and oxygen atoms in total. The summed E-state index contributed by atoms with van der Waals surface area (Å²) in [6.45, 7) is 4.50. The summed E-state index contributed by atoms with van der Waals surface area (Å²) in [4.78, 5) is 0. The van der Waals surface area contributed by atoms with E-state index in [9.17, 15) is 0 Å². The van der Waals surface area contributed by atoms with Gasteiger partial charge in [0.2, 0.25) is 0 Å². The van der Waals surface area contributed by atoms with Crippen molar-refractivity contribution < 1.29 is 51.0 Å². The fraction of sp³-hybridized carbons (Fsp3) is 0.278. The number of rotatable bonds is 3. The summed E-state index contributed by atoms with van der Waals surface area (Å²) in [6.07, 6.45) is 8.15. The second kappa shape index (κ2) is 9.03. The van der Waals surface area contributed by atoms with E-state index < -0.39 is 0 Å². The molecule has 0 atom stereocenters. The third-order valence-electron chi connectivity index (χ3n) is 3.85. The molecule has 3 rings (SSSR count). The average molecular weight is 397 g/mol. The van der Waals surface area contributed by atoms with Gasteiger partial charge in [-0.1, -0.05) is 49.6 Å². The predicted molar refractivity (Wildman–Crippen MR) is 79.9 cm³/mol. The van der Waals surface area contributed by atoms with E-state index in [1.54, 1.807) is 5.57 Å². The number of hydrogen-bond donors (Lipinski definition) is 0. The van der Waals surface area contributed by atoms with Gasteiger partial charge in [-0.05, 0) is 12.8 Å². The molecule has 1 radical (unpaired) electrons. The molecule has 2 aromatic rings. The van der Waals surface area contributed by atoms with Crippen molar-refractivity contribution >= 4 is 16.3 Å². The van der Waals surface area contributed by atoms with E-state index in [0.717, 1.165) is 6.42 Å². The molecule has 3 heteroatoms. The number of aryl methyl sites for hydroxylation is 1. The van der Waals surface area contributed by atoms with Crippen molar-refractivity contribution in [2.45, 2.75) is 33.1 Å². The smallest absolute Gasteiger partial charge is 1.00 e. The molecule has 0 unspecified atom stereocenters. The Balaban J connectivity index is 0.00000133. The Hall–Kier alpha value is -0.227. The second-order valence-corrected chi connectivity index (χ2v) is 5.15. The van der Waals surface area contributed by atoms with Crippen molar-refractivity contribution in [1.82, 2.24) is 0 Å². The number of halogens is 2. The normalized spacial score (nSPS) is 12.9. The SMILES string of the molecule is CCCC1=C(c2c(C)[cH-]c3ccccc23)CC=C1.[Cl-].[Cl-].[Zr+3]. The maximum absolute atomic E-state index is 2.32. The van der Waals surface area contributed by atoms with Gasteiger partial charge < -0.3 is 24.8 Å². The molecule has 1 aliphatic rings. The van der Waals surface area contributed by atoms with E-state index in [0.29, 0.717) is 0 Å². The van der Waals surface area contributed by atoms with Crippen molar-refractivity contribution in [3.63, 3.8) is 0 Å². The molecular formula is C18H19Cl2Zr. The molecule has 0 aromatic heterocycles. The van der Waals surface area contributed by atoms with Crippen LogP contribution in [0.5, 0.6) is 0 Å². The zero-order valence-electron chi connectivity index (χ0n) is 12.4. The Morgan fingerprint density at radius 2 is 1.86 bits per heavy atom. The molecule has 0 N–H and O–H groups in total. The molecule has 0 saturated carbocycles. The Morgan fingerprint density at radius 3 is 2.57 bits per heavy atom. The number of hydrogen-bond acceptors (Lipinski definition) is 0. The number of benzene rings is 1. The zero-order chi connectivity index (χ0) is 12.5. The average Bonchev–Trinajstić information content (AvgIpc) is 2.92. The van der Waals surface area contributed by atoms with E-state index in [4.69, 9.17) is 0 Å². The van der Waals surface area contributed by atoms with Gasteiger partial charge in [-0.3, -0.25) is 0 Å². The fourth-order valence-corrected chi connectivity index (χ4v) is 3.09. The maximum atomic E-state index is 2.32. The van der Waals surface area contributed by atoms with E-state index in [2.05, 4.69) is 56.3 Å². The minimum absolute atomic E-state index is 0. The van der Waals surface area contributed by atoms with Crippen LogP contribution in [0.3, 0.4) is 0 Å². The molecule has 0 spiro atoms. The molecular weight excluding hydrogens is 378 g/mol. The topological polar surface area (TPSA) is 0 Å². The van der Waals surface area contributed by atoms with E-state index in [1.165, 1.54) is 40.3 Å². The Morgan fingerprint density at radius 1 is 1.14 bits per heavy atom. The summed E-state index contributed by atoms with van der Waals surface area (Å²) in [5, 5.41) is 2.79. The summed E-state index contributed by atoms with van der Waals surface area (Å²) in [5.74, 6) is 0. The van der Waals surface area contributed by atoms with E-state index in [1.807, 2.05) is 0 Å². The Bertz CT molecular complexity index is 650. The van der Waals surface area contributed by atoms with Crippen molar-refractivity contribution in [2.75, 3.05) is 0 Å². The quantitative estimate of drug-likeness (QED) is 0.606. The van der Waals surface area contributed by atoms with Crippen molar-refractivity contribution in [2.24, 2.45) is 0 Å². The fourth-order valence-electron chi connectivity index (χ4n) is 3.09. The summed E-state index contributed by atoms with van der Waals surface area (Å²) in [6, 6.07) is 11.1. The minimum atomic E-state index is 0. The van der Waals surface area contributed by atoms with Crippen molar-refractivity contribution in [1.29, 1.82) is 0 Å². The van der Waals surface area contributed by atoms with Crippen LogP contribution in [0.15, 0.2) is 48.1 Å². The van der Waals surface area contributed by atoms with Gasteiger partial charge in [0.25, 0.3) is 0 Å². The van der Waals surface area contributed by atoms with Gasteiger partial charge in [0, 0.05) is 0 Å². The molecule has 109 valence electrons. The molecule has 1 aliphatic carbocycles. The molecule has 0 heterocycles. The molecule has 0 aliphatic heterocycles. The van der Waals surface area contributed by atoms with Crippen LogP contribution in [0.25, 0.3) is 16.3 Å². The summed E-state index contributed by atoms with van der Waals surface area (Å²) in [7, 11) is 0. The molecule has 0 amide bonds. The van der Waals surface area contributed by atoms with Crippen LogP contribution in [-0.4, -0.2) is 0 Å². The van der Waals surface area contributed by atoms with Crippen molar-refractivity contribution in [3.8, 4) is 0 Å². The third-order valence-corrected chi connectivity index (χ3v) is 3.85. The molecule has 0 saturated heterocycles. The van der Waals surface area contributed by atoms with Gasteiger partial charge in [-0.15, -0.1) is 46.2 Å². The monoisotopic (exact) mass is 395 g/mol. The summed E-state index contributed by atoms with van der Waals surface area (Å²) in [5.41, 5.74) is 6.00. The first kappa shape index (κ1) is 20.8. The molecule has 0 bridgehead atoms. The van der Waals surface area contributed by atoms with Gasteiger partial charge in [0.05, 0.1) is 0 Å². The van der Waals surface area contributed by atoms with Gasteiger partial charge in [0.1, 0.15) is 0 Å². The standard InChI is InChI=1S/C18H19.2ClH.Zr/c1-3-7-14-9-6-11-16(14)18-13(2)12-15-8-4-5-10-17(15)18;;;/h4-6,8-10,12H,3,7,11H2,1-2H3;2*1H;/q-1;;;+3/p-2. The Kier molecular flexibility index (Phi) is 8.94. The molecule has 2 aromatic carbocycles. The number of fused-ring (bicyclic) bond motifs is 1. The Labute approximate surface area is 159 Å². The van der Waals surface area contributed by atoms with Crippen LogP contribution in [-0.2, 0) is 26.2 Å². The van der Waals surface area contributed by atoms with Crippen LogP contribution >= 0.6 is 0 Å². The first-order valence-corrected chi connectivity index (χ1v) is 6.85. The first-order valence-electron chi connectivity index (χ1n) is 6.85. The molecule has 21 heavy (non-hydrogen) atoms. The van der Waals surface area contributed by atoms with E-state index >= 15 is 0 Å². The van der Waals surface area contributed by atoms with Gasteiger partial charge >= 0.3 is 26.2 Å². The van der Waals surface area contributed by atoms with Crippen LogP contribution in [0, 0.1) is 6.92 Å². The van der Waals surface area contributed by atoms with Crippen LogP contribution in [0.1, 0.15) is 37.3 Å². The van der Waals surface area contributed by atoms with Gasteiger partial charge in [-0.2, -0.15) is 0 Å². The van der Waals surface area contributed by atoms with Crippen LogP contribution in [0.2, 0.25) is 0 Å². The van der Waals surface area contributed by atoms with Crippen molar-refractivity contribution in [3.05, 3.63) is 59.2 Å².